The predicted molar refractivity (Wildman–Crippen MR) is 96.0 cm³/mol. The molecule has 0 aromatic carbocycles. The molecule has 140 valence electrons. The van der Waals surface area contributed by atoms with Crippen LogP contribution in [0.1, 0.15) is 19.3 Å². The Morgan fingerprint density at radius 1 is 1.08 bits per heavy atom. The van der Waals surface area contributed by atoms with Gasteiger partial charge in [0.15, 0.2) is 0 Å². The Kier molecular flexibility index (Phi) is 8.95. The molecule has 0 amide bonds. The van der Waals surface area contributed by atoms with Gasteiger partial charge in [0.1, 0.15) is 6.61 Å². The fraction of sp³-hybridized carbons (Fsp3) is 0.688. The first-order valence-corrected chi connectivity index (χ1v) is 8.67. The lowest BCUT2D eigenvalue weighted by Crippen LogP contribution is -2.28. The van der Waals surface area contributed by atoms with Crippen molar-refractivity contribution < 1.29 is 14.2 Å². The second-order valence-electron chi connectivity index (χ2n) is 5.58. The van der Waals surface area contributed by atoms with E-state index in [2.05, 4.69) is 32.2 Å². The van der Waals surface area contributed by atoms with Gasteiger partial charge in [0.2, 0.25) is 11.9 Å². The number of nitrogens with two attached hydrogens (primary N) is 1. The highest BCUT2D eigenvalue weighted by atomic mass is 16.5. The predicted octanol–water partition coefficient (Wildman–Crippen LogP) is 0.805. The van der Waals surface area contributed by atoms with Crippen molar-refractivity contribution in [2.45, 2.75) is 25.3 Å². The molecule has 1 aromatic rings. The van der Waals surface area contributed by atoms with Gasteiger partial charge in [-0.1, -0.05) is 12.7 Å². The van der Waals surface area contributed by atoms with Crippen molar-refractivity contribution in [1.29, 1.82) is 0 Å². The van der Waals surface area contributed by atoms with Gasteiger partial charge in [0.05, 0.1) is 26.4 Å². The first kappa shape index (κ1) is 19.4. The lowest BCUT2D eigenvalue weighted by Gasteiger charge is -2.26. The van der Waals surface area contributed by atoms with E-state index >= 15 is 0 Å². The first-order valence-electron chi connectivity index (χ1n) is 8.67. The highest BCUT2D eigenvalue weighted by molar-refractivity contribution is 5.37. The molecule has 1 heterocycles. The molecule has 1 fully saturated rings. The van der Waals surface area contributed by atoms with Gasteiger partial charge in [-0.25, -0.2) is 0 Å². The fourth-order valence-corrected chi connectivity index (χ4v) is 2.07. The number of nitrogens with zero attached hydrogens (tertiary/aromatic N) is 3. The van der Waals surface area contributed by atoms with Crippen LogP contribution in [0.5, 0.6) is 6.01 Å². The molecule has 2 rings (SSSR count). The molecule has 0 unspecified atom stereocenters. The van der Waals surface area contributed by atoms with Gasteiger partial charge in [-0.3, -0.25) is 0 Å². The van der Waals surface area contributed by atoms with E-state index in [1.807, 2.05) is 0 Å². The van der Waals surface area contributed by atoms with Crippen LogP contribution in [0.3, 0.4) is 0 Å². The Bertz CT molecular complexity index is 513. The molecule has 1 aliphatic rings. The van der Waals surface area contributed by atoms with E-state index in [1.165, 1.54) is 6.42 Å². The smallest absolute Gasteiger partial charge is 0.323 e. The lowest BCUT2D eigenvalue weighted by molar-refractivity contribution is 0.0547. The molecule has 1 aromatic heterocycles. The van der Waals surface area contributed by atoms with Crippen molar-refractivity contribution in [2.24, 2.45) is 5.73 Å². The van der Waals surface area contributed by atoms with Gasteiger partial charge in [0.25, 0.3) is 0 Å². The molecule has 0 radical (unpaired) electrons. The van der Waals surface area contributed by atoms with Gasteiger partial charge < -0.3 is 30.6 Å². The summed E-state index contributed by atoms with van der Waals surface area (Å²) in [6.45, 7) is 7.21. The summed E-state index contributed by atoms with van der Waals surface area (Å²) in [5.41, 5.74) is 5.34. The molecule has 9 heteroatoms. The maximum atomic E-state index is 5.46. The van der Waals surface area contributed by atoms with Crippen LogP contribution in [0.4, 0.5) is 11.9 Å². The molecule has 0 atom stereocenters. The number of aromatic nitrogens is 3. The highest BCUT2D eigenvalue weighted by Crippen LogP contribution is 2.22. The Morgan fingerprint density at radius 3 is 2.52 bits per heavy atom. The minimum atomic E-state index is 0.273. The van der Waals surface area contributed by atoms with Crippen molar-refractivity contribution >= 4 is 11.9 Å². The third kappa shape index (κ3) is 7.63. The topological polar surface area (TPSA) is 116 Å². The number of hydrogen-bond acceptors (Lipinski definition) is 9. The summed E-state index contributed by atoms with van der Waals surface area (Å²) in [7, 11) is 0. The lowest BCUT2D eigenvalue weighted by atomic mass is 9.93. The zero-order valence-corrected chi connectivity index (χ0v) is 14.6. The highest BCUT2D eigenvalue weighted by Gasteiger charge is 2.19. The van der Waals surface area contributed by atoms with Crippen LogP contribution in [0.25, 0.3) is 0 Å². The van der Waals surface area contributed by atoms with Crippen molar-refractivity contribution in [3.63, 3.8) is 0 Å². The summed E-state index contributed by atoms with van der Waals surface area (Å²) < 4.78 is 16.1. The Hall–Kier alpha value is -1.97. The van der Waals surface area contributed by atoms with E-state index in [9.17, 15) is 0 Å². The average molecular weight is 352 g/mol. The molecular formula is C16H28N6O3. The minimum absolute atomic E-state index is 0.273. The van der Waals surface area contributed by atoms with Gasteiger partial charge >= 0.3 is 6.01 Å². The standard InChI is InChI=1S/C16H28N6O3/c1-2-8-25-16-21-14(18-7-10-24-12-11-23-9-6-17)20-15(22-16)19-13-4-3-5-13/h2,13H,1,3-12,17H2,(H2,18,19,20,21,22). The van der Waals surface area contributed by atoms with Crippen LogP contribution < -0.4 is 21.1 Å². The van der Waals surface area contributed by atoms with Gasteiger partial charge in [-0.05, 0) is 19.3 Å². The quantitative estimate of drug-likeness (QED) is 0.330. The third-order valence-corrected chi connectivity index (χ3v) is 3.55. The molecule has 0 aliphatic heterocycles. The number of nitrogens with one attached hydrogen (secondary N) is 2. The molecule has 0 spiro atoms. The van der Waals surface area contributed by atoms with Crippen LogP contribution in [-0.2, 0) is 9.47 Å². The Balaban J connectivity index is 1.76. The fourth-order valence-electron chi connectivity index (χ4n) is 2.07. The first-order chi connectivity index (χ1) is 12.3. The van der Waals surface area contributed by atoms with Gasteiger partial charge in [-0.15, -0.1) is 0 Å². The van der Waals surface area contributed by atoms with Crippen molar-refractivity contribution in [3.8, 4) is 6.01 Å². The molecular weight excluding hydrogens is 324 g/mol. The third-order valence-electron chi connectivity index (χ3n) is 3.55. The molecule has 0 bridgehead atoms. The number of ether oxygens (including phenoxy) is 3. The zero-order valence-electron chi connectivity index (χ0n) is 14.6. The van der Waals surface area contributed by atoms with Crippen molar-refractivity contribution in [1.82, 2.24) is 15.0 Å². The number of hydrogen-bond donors (Lipinski definition) is 3. The Morgan fingerprint density at radius 2 is 1.84 bits per heavy atom. The molecule has 25 heavy (non-hydrogen) atoms. The molecule has 9 nitrogen and oxygen atoms in total. The largest absolute Gasteiger partial charge is 0.459 e. The van der Waals surface area contributed by atoms with E-state index in [-0.39, 0.29) is 6.01 Å². The van der Waals surface area contributed by atoms with E-state index in [1.54, 1.807) is 6.08 Å². The summed E-state index contributed by atoms with van der Waals surface area (Å²) in [5.74, 6) is 0.983. The molecule has 1 saturated carbocycles. The summed E-state index contributed by atoms with van der Waals surface area (Å²) in [6.07, 6.45) is 5.16. The maximum absolute atomic E-state index is 5.46. The van der Waals surface area contributed by atoms with Gasteiger partial charge in [-0.2, -0.15) is 15.0 Å². The number of rotatable bonds is 14. The second kappa shape index (κ2) is 11.6. The molecule has 4 N–H and O–H groups in total. The number of anilines is 2. The maximum Gasteiger partial charge on any atom is 0.323 e. The van der Waals surface area contributed by atoms with Crippen LogP contribution in [0.15, 0.2) is 12.7 Å². The monoisotopic (exact) mass is 352 g/mol. The SMILES string of the molecule is C=CCOc1nc(NCCOCCOCCN)nc(NC2CCC2)n1. The summed E-state index contributed by atoms with van der Waals surface area (Å²) >= 11 is 0. The van der Waals surface area contributed by atoms with Crippen LogP contribution in [0, 0.1) is 0 Å². The molecule has 1 aliphatic carbocycles. The zero-order chi connectivity index (χ0) is 17.7. The van der Waals surface area contributed by atoms with E-state index in [0.29, 0.717) is 64.1 Å². The summed E-state index contributed by atoms with van der Waals surface area (Å²) in [4.78, 5) is 12.9. The van der Waals surface area contributed by atoms with Crippen LogP contribution in [-0.4, -0.2) is 67.1 Å². The van der Waals surface area contributed by atoms with Crippen LogP contribution in [0.2, 0.25) is 0 Å². The minimum Gasteiger partial charge on any atom is -0.459 e. The Labute approximate surface area is 148 Å². The van der Waals surface area contributed by atoms with Crippen LogP contribution >= 0.6 is 0 Å². The second-order valence-corrected chi connectivity index (χ2v) is 5.58. The normalized spacial score (nSPS) is 14.0. The summed E-state index contributed by atoms with van der Waals surface area (Å²) in [5, 5.41) is 6.42. The average Bonchev–Trinajstić information content (AvgIpc) is 2.58. The van der Waals surface area contributed by atoms with E-state index < -0.39 is 0 Å². The van der Waals surface area contributed by atoms with E-state index in [4.69, 9.17) is 19.9 Å². The van der Waals surface area contributed by atoms with Crippen molar-refractivity contribution in [2.75, 3.05) is 56.8 Å². The molecule has 0 saturated heterocycles. The van der Waals surface area contributed by atoms with E-state index in [0.717, 1.165) is 12.8 Å². The summed E-state index contributed by atoms with van der Waals surface area (Å²) in [6, 6.07) is 0.703. The van der Waals surface area contributed by atoms with Crippen molar-refractivity contribution in [3.05, 3.63) is 12.7 Å². The van der Waals surface area contributed by atoms with Gasteiger partial charge in [0, 0.05) is 19.1 Å².